The van der Waals surface area contributed by atoms with Gasteiger partial charge in [-0.3, -0.25) is 9.59 Å². The molecule has 0 aliphatic carbocycles. The summed E-state index contributed by atoms with van der Waals surface area (Å²) >= 11 is 0. The fourth-order valence-electron chi connectivity index (χ4n) is 1.73. The van der Waals surface area contributed by atoms with Gasteiger partial charge in [0.2, 0.25) is 0 Å². The van der Waals surface area contributed by atoms with Gasteiger partial charge in [0.05, 0.1) is 6.33 Å². The monoisotopic (exact) mass is 262 g/mol. The van der Waals surface area contributed by atoms with E-state index in [1.54, 1.807) is 30.9 Å². The van der Waals surface area contributed by atoms with Gasteiger partial charge < -0.3 is 20.0 Å². The van der Waals surface area contributed by atoms with Crippen LogP contribution in [0.3, 0.4) is 0 Å². The Morgan fingerprint density at radius 3 is 3.00 bits per heavy atom. The van der Waals surface area contributed by atoms with Crippen LogP contribution in [0.4, 0.5) is 0 Å². The molecule has 100 valence electrons. The van der Waals surface area contributed by atoms with Crippen molar-refractivity contribution < 1.29 is 14.7 Å². The second-order valence-electron chi connectivity index (χ2n) is 4.00. The van der Waals surface area contributed by atoms with E-state index in [1.165, 1.54) is 4.57 Å². The highest BCUT2D eigenvalue weighted by Crippen LogP contribution is 2.02. The van der Waals surface area contributed by atoms with Crippen LogP contribution in [-0.4, -0.2) is 38.1 Å². The molecule has 0 saturated carbocycles. The summed E-state index contributed by atoms with van der Waals surface area (Å²) in [7, 11) is 0. The molecule has 3 N–H and O–H groups in total. The molecule has 2 heterocycles. The molecule has 7 heteroatoms. The minimum Gasteiger partial charge on any atom is -0.480 e. The van der Waals surface area contributed by atoms with Gasteiger partial charge in [-0.25, -0.2) is 4.98 Å². The predicted octanol–water partition coefficient (Wildman–Crippen LogP) is 0.268. The van der Waals surface area contributed by atoms with Gasteiger partial charge in [0.1, 0.15) is 12.2 Å². The molecule has 19 heavy (non-hydrogen) atoms. The maximum atomic E-state index is 11.9. The third kappa shape index (κ3) is 3.44. The number of imidazole rings is 1. The van der Waals surface area contributed by atoms with Crippen molar-refractivity contribution in [2.45, 2.75) is 13.0 Å². The normalized spacial score (nSPS) is 10.3. The maximum Gasteiger partial charge on any atom is 0.323 e. The summed E-state index contributed by atoms with van der Waals surface area (Å²) in [6.07, 6.45) is 5.48. The minimum absolute atomic E-state index is 0.226. The molecule has 0 unspecified atom stereocenters. The highest BCUT2D eigenvalue weighted by molar-refractivity contribution is 5.93. The largest absolute Gasteiger partial charge is 0.480 e. The van der Waals surface area contributed by atoms with E-state index in [9.17, 15) is 9.59 Å². The number of aromatic nitrogens is 3. The van der Waals surface area contributed by atoms with Gasteiger partial charge in [0, 0.05) is 31.1 Å². The molecule has 0 aliphatic heterocycles. The Kier molecular flexibility index (Phi) is 3.97. The molecule has 1 amide bonds. The van der Waals surface area contributed by atoms with E-state index in [0.717, 1.165) is 5.69 Å². The molecule has 0 radical (unpaired) electrons. The molecule has 0 saturated heterocycles. The Morgan fingerprint density at radius 1 is 1.47 bits per heavy atom. The smallest absolute Gasteiger partial charge is 0.323 e. The van der Waals surface area contributed by atoms with Gasteiger partial charge in [-0.05, 0) is 12.1 Å². The highest BCUT2D eigenvalue weighted by Gasteiger charge is 2.12. The van der Waals surface area contributed by atoms with Gasteiger partial charge in [-0.1, -0.05) is 0 Å². The van der Waals surface area contributed by atoms with Crippen LogP contribution in [0.15, 0.2) is 30.9 Å². The number of amides is 1. The summed E-state index contributed by atoms with van der Waals surface area (Å²) in [6, 6.07) is 3.24. The second kappa shape index (κ2) is 5.85. The molecule has 0 spiro atoms. The Morgan fingerprint density at radius 2 is 2.32 bits per heavy atom. The Labute approximate surface area is 109 Å². The predicted molar refractivity (Wildman–Crippen MR) is 66.7 cm³/mol. The third-order valence-electron chi connectivity index (χ3n) is 2.60. The van der Waals surface area contributed by atoms with Crippen molar-refractivity contribution in [2.75, 3.05) is 6.54 Å². The summed E-state index contributed by atoms with van der Waals surface area (Å²) < 4.78 is 1.40. The van der Waals surface area contributed by atoms with E-state index in [-0.39, 0.29) is 12.5 Å². The molecule has 0 atom stereocenters. The van der Waals surface area contributed by atoms with Crippen molar-refractivity contribution in [3.63, 3.8) is 0 Å². The fourth-order valence-corrected chi connectivity index (χ4v) is 1.73. The number of aliphatic carboxylic acids is 1. The zero-order valence-corrected chi connectivity index (χ0v) is 10.2. The van der Waals surface area contributed by atoms with Crippen LogP contribution in [0.5, 0.6) is 0 Å². The van der Waals surface area contributed by atoms with Crippen LogP contribution < -0.4 is 5.32 Å². The summed E-state index contributed by atoms with van der Waals surface area (Å²) in [5.74, 6) is -1.27. The van der Waals surface area contributed by atoms with Crippen LogP contribution in [0.25, 0.3) is 0 Å². The van der Waals surface area contributed by atoms with Crippen LogP contribution >= 0.6 is 0 Å². The lowest BCUT2D eigenvalue weighted by molar-refractivity contribution is -0.137. The van der Waals surface area contributed by atoms with E-state index in [4.69, 9.17) is 5.11 Å². The number of rotatable bonds is 6. The van der Waals surface area contributed by atoms with Gasteiger partial charge in [-0.15, -0.1) is 0 Å². The fraction of sp³-hybridized carbons (Fsp3) is 0.250. The first-order valence-electron chi connectivity index (χ1n) is 5.79. The van der Waals surface area contributed by atoms with Gasteiger partial charge in [0.25, 0.3) is 5.91 Å². The third-order valence-corrected chi connectivity index (χ3v) is 2.60. The second-order valence-corrected chi connectivity index (χ2v) is 4.00. The Hall–Kier alpha value is -2.57. The summed E-state index contributed by atoms with van der Waals surface area (Å²) in [4.78, 5) is 29.4. The molecule has 0 fully saturated rings. The number of hydrogen-bond donors (Lipinski definition) is 3. The maximum absolute atomic E-state index is 11.9. The molecule has 0 aromatic carbocycles. The lowest BCUT2D eigenvalue weighted by Gasteiger charge is -2.07. The summed E-state index contributed by atoms with van der Waals surface area (Å²) in [5, 5.41) is 11.5. The van der Waals surface area contributed by atoms with Crippen molar-refractivity contribution in [1.29, 1.82) is 0 Å². The standard InChI is InChI=1S/C12H14N4O3/c17-11(18)7-16-5-1-2-10(16)12(19)14-4-3-9-6-13-8-15-9/h1-2,5-6,8H,3-4,7H2,(H,13,15)(H,14,19)(H,17,18). The van der Waals surface area contributed by atoms with Crippen molar-refractivity contribution in [3.05, 3.63) is 42.2 Å². The molecule has 2 aromatic heterocycles. The van der Waals surface area contributed by atoms with E-state index in [2.05, 4.69) is 15.3 Å². The number of carbonyl (C=O) groups is 2. The zero-order chi connectivity index (χ0) is 13.7. The van der Waals surface area contributed by atoms with Crippen molar-refractivity contribution in [2.24, 2.45) is 0 Å². The average Bonchev–Trinajstić information content (AvgIpc) is 2.99. The molecule has 2 rings (SSSR count). The number of H-pyrrole nitrogens is 1. The van der Waals surface area contributed by atoms with E-state index < -0.39 is 5.97 Å². The quantitative estimate of drug-likeness (QED) is 0.695. The topological polar surface area (TPSA) is 100 Å². The molecular weight excluding hydrogens is 248 g/mol. The van der Waals surface area contributed by atoms with Gasteiger partial charge in [-0.2, -0.15) is 0 Å². The highest BCUT2D eigenvalue weighted by atomic mass is 16.4. The van der Waals surface area contributed by atoms with Crippen LogP contribution in [0.2, 0.25) is 0 Å². The first kappa shape index (κ1) is 12.9. The zero-order valence-electron chi connectivity index (χ0n) is 10.2. The summed E-state index contributed by atoms with van der Waals surface area (Å²) in [6.45, 7) is 0.232. The first-order chi connectivity index (χ1) is 9.16. The van der Waals surface area contributed by atoms with E-state index in [1.807, 2.05) is 0 Å². The van der Waals surface area contributed by atoms with Crippen LogP contribution in [-0.2, 0) is 17.8 Å². The lowest BCUT2D eigenvalue weighted by Crippen LogP contribution is -2.28. The number of aromatic amines is 1. The van der Waals surface area contributed by atoms with E-state index >= 15 is 0 Å². The minimum atomic E-state index is -0.984. The molecule has 0 aliphatic rings. The van der Waals surface area contributed by atoms with Crippen LogP contribution in [0.1, 0.15) is 16.2 Å². The SMILES string of the molecule is O=C(O)Cn1cccc1C(=O)NCCc1cnc[nH]1. The number of carboxylic acids is 1. The molecular formula is C12H14N4O3. The molecule has 0 bridgehead atoms. The van der Waals surface area contributed by atoms with E-state index in [0.29, 0.717) is 18.7 Å². The van der Waals surface area contributed by atoms with Gasteiger partial charge >= 0.3 is 5.97 Å². The lowest BCUT2D eigenvalue weighted by atomic mass is 10.3. The summed E-state index contributed by atoms with van der Waals surface area (Å²) in [5.41, 5.74) is 1.27. The number of nitrogens with one attached hydrogen (secondary N) is 2. The van der Waals surface area contributed by atoms with Crippen LogP contribution in [0, 0.1) is 0 Å². The van der Waals surface area contributed by atoms with Gasteiger partial charge in [0.15, 0.2) is 0 Å². The van der Waals surface area contributed by atoms with Crippen molar-refractivity contribution >= 4 is 11.9 Å². The number of hydrogen-bond acceptors (Lipinski definition) is 3. The molecule has 7 nitrogen and oxygen atoms in total. The molecule has 2 aromatic rings. The Bertz CT molecular complexity index is 559. The average molecular weight is 262 g/mol. The number of nitrogens with zero attached hydrogens (tertiary/aromatic N) is 2. The van der Waals surface area contributed by atoms with Crippen molar-refractivity contribution in [1.82, 2.24) is 19.9 Å². The number of carboxylic acid groups (broad SMARTS) is 1. The Balaban J connectivity index is 1.89. The first-order valence-corrected chi connectivity index (χ1v) is 5.79. The van der Waals surface area contributed by atoms with Crippen molar-refractivity contribution in [3.8, 4) is 0 Å². The number of carbonyl (C=O) groups excluding carboxylic acids is 1.